The first-order valence-electron chi connectivity index (χ1n) is 12.7. The Bertz CT molecular complexity index is 1220. The molecule has 7 heteroatoms. The lowest BCUT2D eigenvalue weighted by atomic mass is 9.89. The number of piperidine rings is 2. The maximum absolute atomic E-state index is 13.2. The molecule has 5 rings (SSSR count). The molecule has 0 saturated carbocycles. The van der Waals surface area contributed by atoms with E-state index in [4.69, 9.17) is 0 Å². The highest BCUT2D eigenvalue weighted by atomic mass is 16.2. The van der Waals surface area contributed by atoms with Crippen LogP contribution in [0.5, 0.6) is 0 Å². The lowest BCUT2D eigenvalue weighted by Crippen LogP contribution is -2.38. The Balaban J connectivity index is 1.28. The van der Waals surface area contributed by atoms with E-state index in [1.54, 1.807) is 10.7 Å². The van der Waals surface area contributed by atoms with Gasteiger partial charge in [-0.05, 0) is 73.4 Å². The van der Waals surface area contributed by atoms with Crippen molar-refractivity contribution in [1.82, 2.24) is 19.4 Å². The van der Waals surface area contributed by atoms with Gasteiger partial charge in [0.1, 0.15) is 0 Å². The van der Waals surface area contributed by atoms with Crippen molar-refractivity contribution in [2.45, 2.75) is 38.5 Å². The molecule has 4 heterocycles. The smallest absolute Gasteiger partial charge is 0.257 e. The van der Waals surface area contributed by atoms with E-state index >= 15 is 0 Å². The van der Waals surface area contributed by atoms with Gasteiger partial charge in [-0.1, -0.05) is 13.0 Å². The van der Waals surface area contributed by atoms with Crippen LogP contribution in [0.15, 0.2) is 48.8 Å². The zero-order valence-corrected chi connectivity index (χ0v) is 21.0. The van der Waals surface area contributed by atoms with Gasteiger partial charge in [0, 0.05) is 57.7 Å². The maximum atomic E-state index is 13.2. The summed E-state index contributed by atoms with van der Waals surface area (Å²) in [7, 11) is 3.97. The van der Waals surface area contributed by atoms with E-state index < -0.39 is 0 Å². The number of amides is 2. The van der Waals surface area contributed by atoms with Crippen molar-refractivity contribution in [2.24, 2.45) is 5.92 Å². The van der Waals surface area contributed by atoms with Crippen LogP contribution in [0.3, 0.4) is 0 Å². The molecule has 2 fully saturated rings. The fourth-order valence-corrected chi connectivity index (χ4v) is 5.31. The highest BCUT2D eigenvalue weighted by molar-refractivity contribution is 6.00. The molecule has 0 spiro atoms. The second kappa shape index (κ2) is 9.72. The van der Waals surface area contributed by atoms with Crippen LogP contribution in [0.25, 0.3) is 5.52 Å². The van der Waals surface area contributed by atoms with E-state index in [1.165, 1.54) is 5.56 Å². The van der Waals surface area contributed by atoms with Crippen molar-refractivity contribution in [1.29, 1.82) is 0 Å². The number of hydrogen-bond donors (Lipinski definition) is 0. The molecular weight excluding hydrogens is 438 g/mol. The van der Waals surface area contributed by atoms with E-state index in [0.717, 1.165) is 68.6 Å². The lowest BCUT2D eigenvalue weighted by Gasteiger charge is -2.32. The van der Waals surface area contributed by atoms with Crippen LogP contribution >= 0.6 is 0 Å². The first-order chi connectivity index (χ1) is 16.9. The molecule has 184 valence electrons. The van der Waals surface area contributed by atoms with Crippen molar-refractivity contribution < 1.29 is 9.59 Å². The zero-order valence-electron chi connectivity index (χ0n) is 21.0. The number of fused-ring (bicyclic) bond motifs is 1. The summed E-state index contributed by atoms with van der Waals surface area (Å²) < 4.78 is 1.81. The molecule has 35 heavy (non-hydrogen) atoms. The van der Waals surface area contributed by atoms with E-state index in [9.17, 15) is 9.59 Å². The molecule has 0 bridgehead atoms. The topological polar surface area (TPSA) is 61.2 Å². The second-order valence-electron chi connectivity index (χ2n) is 10.3. The standard InChI is InChI=1S/C28H35N5O2/c1-20-7-12-32(13-8-20)28(35)25-19-29-33-16-11-22(18-26(25)33)21-9-14-31(15-10-21)27(34)23-5-4-6-24(17-23)30(2)3/h4-6,11,16-21H,7-10,12-15H2,1-3H3. The predicted octanol–water partition coefficient (Wildman–Crippen LogP) is 4.29. The second-order valence-corrected chi connectivity index (χ2v) is 10.3. The van der Waals surface area contributed by atoms with Crippen LogP contribution in [0.2, 0.25) is 0 Å². The Morgan fingerprint density at radius 1 is 0.914 bits per heavy atom. The molecule has 7 nitrogen and oxygen atoms in total. The van der Waals surface area contributed by atoms with Crippen molar-refractivity contribution in [3.63, 3.8) is 0 Å². The van der Waals surface area contributed by atoms with Crippen LogP contribution in [-0.4, -0.2) is 71.5 Å². The van der Waals surface area contributed by atoms with E-state index in [-0.39, 0.29) is 11.8 Å². The summed E-state index contributed by atoms with van der Waals surface area (Å²) in [6.07, 6.45) is 7.62. The first-order valence-corrected chi connectivity index (χ1v) is 12.7. The summed E-state index contributed by atoms with van der Waals surface area (Å²) in [5.74, 6) is 1.24. The third kappa shape index (κ3) is 4.77. The Kier molecular flexibility index (Phi) is 6.50. The number of anilines is 1. The monoisotopic (exact) mass is 473 g/mol. The maximum Gasteiger partial charge on any atom is 0.257 e. The molecule has 2 aromatic heterocycles. The summed E-state index contributed by atoms with van der Waals surface area (Å²) >= 11 is 0. The van der Waals surface area contributed by atoms with Crippen LogP contribution in [0.4, 0.5) is 5.69 Å². The number of carbonyl (C=O) groups is 2. The number of nitrogens with zero attached hydrogens (tertiary/aromatic N) is 5. The molecule has 1 aromatic carbocycles. The largest absolute Gasteiger partial charge is 0.378 e. The van der Waals surface area contributed by atoms with Crippen LogP contribution in [-0.2, 0) is 0 Å². The quantitative estimate of drug-likeness (QED) is 0.567. The average Bonchev–Trinajstić information content (AvgIpc) is 3.32. The van der Waals surface area contributed by atoms with Crippen molar-refractivity contribution in [3.8, 4) is 0 Å². The van der Waals surface area contributed by atoms with Crippen molar-refractivity contribution in [2.75, 3.05) is 45.2 Å². The molecule has 2 aliphatic rings. The molecular formula is C28H35N5O2. The van der Waals surface area contributed by atoms with Gasteiger partial charge in [0.2, 0.25) is 0 Å². The lowest BCUT2D eigenvalue weighted by molar-refractivity contribution is 0.0695. The summed E-state index contributed by atoms with van der Waals surface area (Å²) in [4.78, 5) is 32.3. The Morgan fingerprint density at radius 3 is 2.31 bits per heavy atom. The van der Waals surface area contributed by atoms with Gasteiger partial charge in [-0.3, -0.25) is 9.59 Å². The Labute approximate surface area is 207 Å². The molecule has 0 atom stereocenters. The summed E-state index contributed by atoms with van der Waals surface area (Å²) in [5, 5.41) is 4.44. The summed E-state index contributed by atoms with van der Waals surface area (Å²) in [6.45, 7) is 5.36. The molecule has 0 unspecified atom stereocenters. The van der Waals surface area contributed by atoms with E-state index in [2.05, 4.69) is 24.2 Å². The SMILES string of the molecule is CC1CCN(C(=O)c2cnn3ccc(C4CCN(C(=O)c5cccc(N(C)C)c5)CC4)cc23)CC1. The van der Waals surface area contributed by atoms with Gasteiger partial charge in [0.05, 0.1) is 17.3 Å². The molecule has 0 aliphatic carbocycles. The van der Waals surface area contributed by atoms with Crippen LogP contribution < -0.4 is 4.90 Å². The predicted molar refractivity (Wildman–Crippen MR) is 138 cm³/mol. The summed E-state index contributed by atoms with van der Waals surface area (Å²) in [5.41, 5.74) is 4.57. The number of pyridine rings is 1. The normalized spacial score (nSPS) is 17.7. The highest BCUT2D eigenvalue weighted by Crippen LogP contribution is 2.31. The van der Waals surface area contributed by atoms with Gasteiger partial charge in [-0.25, -0.2) is 4.52 Å². The molecule has 2 saturated heterocycles. The van der Waals surface area contributed by atoms with Crippen LogP contribution in [0.1, 0.15) is 64.8 Å². The molecule has 0 radical (unpaired) electrons. The van der Waals surface area contributed by atoms with Gasteiger partial charge in [-0.15, -0.1) is 0 Å². The number of rotatable bonds is 4. The molecule has 3 aromatic rings. The minimum atomic E-state index is 0.0874. The average molecular weight is 474 g/mol. The first kappa shape index (κ1) is 23.4. The van der Waals surface area contributed by atoms with E-state index in [1.807, 2.05) is 59.3 Å². The van der Waals surface area contributed by atoms with Gasteiger partial charge in [0.15, 0.2) is 0 Å². The van der Waals surface area contributed by atoms with Crippen molar-refractivity contribution >= 4 is 23.0 Å². The number of benzene rings is 1. The fourth-order valence-electron chi connectivity index (χ4n) is 5.31. The minimum absolute atomic E-state index is 0.0874. The number of aromatic nitrogens is 2. The Hall–Kier alpha value is -3.35. The molecule has 0 N–H and O–H groups in total. The van der Waals surface area contributed by atoms with Gasteiger partial charge < -0.3 is 14.7 Å². The highest BCUT2D eigenvalue weighted by Gasteiger charge is 2.27. The molecule has 2 amide bonds. The van der Waals surface area contributed by atoms with E-state index in [0.29, 0.717) is 17.4 Å². The third-order valence-electron chi connectivity index (χ3n) is 7.71. The fraction of sp³-hybridized carbons (Fsp3) is 0.464. The van der Waals surface area contributed by atoms with Crippen LogP contribution in [0, 0.1) is 5.92 Å². The van der Waals surface area contributed by atoms with Gasteiger partial charge in [0.25, 0.3) is 11.8 Å². The zero-order chi connectivity index (χ0) is 24.5. The number of likely N-dealkylation sites (tertiary alicyclic amines) is 2. The van der Waals surface area contributed by atoms with Gasteiger partial charge in [-0.2, -0.15) is 5.10 Å². The number of carbonyl (C=O) groups excluding carboxylic acids is 2. The summed E-state index contributed by atoms with van der Waals surface area (Å²) in [6, 6.07) is 12.1. The minimum Gasteiger partial charge on any atom is -0.378 e. The Morgan fingerprint density at radius 2 is 1.60 bits per heavy atom. The molecule has 2 aliphatic heterocycles. The third-order valence-corrected chi connectivity index (χ3v) is 7.71. The van der Waals surface area contributed by atoms with Crippen molar-refractivity contribution in [3.05, 3.63) is 65.5 Å². The number of hydrogen-bond acceptors (Lipinski definition) is 4. The van der Waals surface area contributed by atoms with Gasteiger partial charge >= 0.3 is 0 Å².